The second-order valence-corrected chi connectivity index (χ2v) is 1.10. The van der Waals surface area contributed by atoms with Gasteiger partial charge in [0.1, 0.15) is 0 Å². The van der Waals surface area contributed by atoms with Gasteiger partial charge < -0.3 is 4.98 Å². The van der Waals surface area contributed by atoms with Crippen LogP contribution in [0.1, 0.15) is 0 Å². The summed E-state index contributed by atoms with van der Waals surface area (Å²) in [5.41, 5.74) is -0.164. The first kappa shape index (κ1) is 7.41. The second kappa shape index (κ2) is 3.42. The number of nitrogens with one attached hydrogen (secondary N) is 1. The molecule has 4 heteroatoms. The monoisotopic (exact) mass is 123 g/mol. The molecule has 1 heterocycles. The molecule has 0 aliphatic heterocycles. The summed E-state index contributed by atoms with van der Waals surface area (Å²) in [5, 5.41) is 0. The molecule has 1 aromatic rings. The van der Waals surface area contributed by atoms with Gasteiger partial charge in [0.05, 0.1) is 6.20 Å². The zero-order valence-corrected chi connectivity index (χ0v) is 5.32. The van der Waals surface area contributed by atoms with E-state index in [9.17, 15) is 4.79 Å². The van der Waals surface area contributed by atoms with Crippen molar-refractivity contribution in [2.45, 2.75) is 0 Å². The van der Waals surface area contributed by atoms with Crippen molar-refractivity contribution in [1.82, 2.24) is 9.97 Å². The van der Waals surface area contributed by atoms with Crippen LogP contribution in [0.3, 0.4) is 0 Å². The molecule has 0 aromatic carbocycles. The maximum atomic E-state index is 10.2. The van der Waals surface area contributed by atoms with E-state index in [0.717, 1.165) is 0 Å². The Kier molecular flexibility index (Phi) is 3.17. The van der Waals surface area contributed by atoms with Crippen LogP contribution in [0.2, 0.25) is 0 Å². The number of rotatable bonds is 0. The molecule has 0 saturated carbocycles. The minimum Gasteiger partial charge on any atom is -0.326 e. The number of aromatic amines is 1. The van der Waals surface area contributed by atoms with Crippen molar-refractivity contribution in [3.8, 4) is 0 Å². The molecule has 0 amide bonds. The zero-order chi connectivity index (χ0) is 5.11. The van der Waals surface area contributed by atoms with Crippen LogP contribution < -0.4 is 5.56 Å². The molecule has 3 nitrogen and oxygen atoms in total. The van der Waals surface area contributed by atoms with E-state index in [1.807, 2.05) is 0 Å². The molecule has 0 aliphatic rings. The van der Waals surface area contributed by atoms with E-state index in [1.165, 1.54) is 18.6 Å². The molecule has 0 unspecified atom stereocenters. The fourth-order valence-electron chi connectivity index (χ4n) is 0.310. The predicted molar refractivity (Wildman–Crippen MR) is 30.6 cm³/mol. The molecule has 39 valence electrons. The lowest BCUT2D eigenvalue weighted by atomic mass is 10.8. The largest absolute Gasteiger partial charge is 0.326 e. The maximum absolute atomic E-state index is 10.2. The molecule has 0 atom stereocenters. The third kappa shape index (κ3) is 1.92. The Labute approximate surface area is 56.9 Å². The summed E-state index contributed by atoms with van der Waals surface area (Å²) >= 11 is 0. The zero-order valence-electron chi connectivity index (χ0n) is 4.16. The van der Waals surface area contributed by atoms with Gasteiger partial charge in [-0.25, -0.2) is 0 Å². The number of aromatic nitrogens is 2. The number of hydrogen-bond acceptors (Lipinski definition) is 2. The molecule has 1 aromatic heterocycles. The fourth-order valence-corrected chi connectivity index (χ4v) is 0.310. The number of nitrogens with zero attached hydrogens (tertiary/aromatic N) is 1. The Balaban J connectivity index is 0.000000490. The Morgan fingerprint density at radius 3 is 2.62 bits per heavy atom. The van der Waals surface area contributed by atoms with Crippen molar-refractivity contribution >= 4 is 17.4 Å². The minimum atomic E-state index is -0.164. The van der Waals surface area contributed by atoms with Crippen LogP contribution in [-0.4, -0.2) is 27.3 Å². The summed E-state index contributed by atoms with van der Waals surface area (Å²) in [7, 11) is 0. The average Bonchev–Trinajstić information content (AvgIpc) is 1.69. The first-order valence-corrected chi connectivity index (χ1v) is 1.88. The lowest BCUT2D eigenvalue weighted by Crippen LogP contribution is -2.01. The van der Waals surface area contributed by atoms with Crippen LogP contribution in [0.15, 0.2) is 23.4 Å². The fraction of sp³-hybridized carbons (Fsp3) is 0. The van der Waals surface area contributed by atoms with E-state index in [2.05, 4.69) is 9.97 Å². The molecular formula is C4H4AlN2O. The van der Waals surface area contributed by atoms with Crippen molar-refractivity contribution in [2.24, 2.45) is 0 Å². The molecular weight excluding hydrogens is 119 g/mol. The summed E-state index contributed by atoms with van der Waals surface area (Å²) in [6, 6.07) is 0. The van der Waals surface area contributed by atoms with Gasteiger partial charge in [-0.3, -0.25) is 9.78 Å². The van der Waals surface area contributed by atoms with Gasteiger partial charge in [0.2, 0.25) is 0 Å². The van der Waals surface area contributed by atoms with Gasteiger partial charge in [-0.2, -0.15) is 0 Å². The normalized spacial score (nSPS) is 7.50. The van der Waals surface area contributed by atoms with Crippen molar-refractivity contribution in [3.05, 3.63) is 28.9 Å². The molecule has 0 saturated heterocycles. The third-order valence-electron chi connectivity index (χ3n) is 0.578. The highest BCUT2D eigenvalue weighted by Crippen LogP contribution is 1.57. The molecule has 0 aliphatic carbocycles. The van der Waals surface area contributed by atoms with Crippen molar-refractivity contribution in [2.75, 3.05) is 0 Å². The van der Waals surface area contributed by atoms with Gasteiger partial charge >= 0.3 is 0 Å². The standard InChI is InChI=1S/C4H4N2O.Al/c7-4-3-5-1-2-6-4;/h1-3H,(H,6,7);. The van der Waals surface area contributed by atoms with E-state index in [4.69, 9.17) is 0 Å². The SMILES string of the molecule is O=c1cncc[nH]1.[Al]. The predicted octanol–water partition coefficient (Wildman–Crippen LogP) is -0.611. The van der Waals surface area contributed by atoms with Crippen LogP contribution >= 0.6 is 0 Å². The molecule has 0 bridgehead atoms. The molecule has 1 N–H and O–H groups in total. The van der Waals surface area contributed by atoms with E-state index < -0.39 is 0 Å². The highest BCUT2D eigenvalue weighted by atomic mass is 27.0. The molecule has 0 spiro atoms. The Bertz CT molecular complexity index is 180. The quantitative estimate of drug-likeness (QED) is 0.468. The first-order chi connectivity index (χ1) is 3.39. The minimum absolute atomic E-state index is 0. The molecule has 8 heavy (non-hydrogen) atoms. The maximum Gasteiger partial charge on any atom is 0.266 e. The smallest absolute Gasteiger partial charge is 0.266 e. The lowest BCUT2D eigenvalue weighted by molar-refractivity contribution is 1.14. The van der Waals surface area contributed by atoms with Crippen LogP contribution in [0, 0.1) is 0 Å². The molecule has 3 radical (unpaired) electrons. The van der Waals surface area contributed by atoms with Crippen LogP contribution in [0.5, 0.6) is 0 Å². The van der Waals surface area contributed by atoms with Gasteiger partial charge in [0.15, 0.2) is 0 Å². The number of H-pyrrole nitrogens is 1. The summed E-state index contributed by atoms with van der Waals surface area (Å²) in [5.74, 6) is 0. The number of hydrogen-bond donors (Lipinski definition) is 1. The van der Waals surface area contributed by atoms with Gasteiger partial charge in [-0.1, -0.05) is 0 Å². The average molecular weight is 123 g/mol. The van der Waals surface area contributed by atoms with Gasteiger partial charge in [0, 0.05) is 29.8 Å². The topological polar surface area (TPSA) is 45.8 Å². The second-order valence-electron chi connectivity index (χ2n) is 1.10. The Morgan fingerprint density at radius 2 is 2.38 bits per heavy atom. The van der Waals surface area contributed by atoms with E-state index in [-0.39, 0.29) is 22.9 Å². The van der Waals surface area contributed by atoms with Gasteiger partial charge in [0.25, 0.3) is 5.56 Å². The third-order valence-corrected chi connectivity index (χ3v) is 0.578. The first-order valence-electron chi connectivity index (χ1n) is 1.88. The van der Waals surface area contributed by atoms with Crippen LogP contribution in [0.25, 0.3) is 0 Å². The van der Waals surface area contributed by atoms with Crippen molar-refractivity contribution in [1.29, 1.82) is 0 Å². The van der Waals surface area contributed by atoms with E-state index in [1.54, 1.807) is 0 Å². The summed E-state index contributed by atoms with van der Waals surface area (Å²) in [6.45, 7) is 0. The van der Waals surface area contributed by atoms with Crippen LogP contribution in [-0.2, 0) is 0 Å². The lowest BCUT2D eigenvalue weighted by Gasteiger charge is -1.73. The van der Waals surface area contributed by atoms with Gasteiger partial charge in [-0.15, -0.1) is 0 Å². The summed E-state index contributed by atoms with van der Waals surface area (Å²) < 4.78 is 0. The molecule has 0 fully saturated rings. The Morgan fingerprint density at radius 1 is 1.62 bits per heavy atom. The van der Waals surface area contributed by atoms with Gasteiger partial charge in [-0.05, 0) is 0 Å². The van der Waals surface area contributed by atoms with E-state index >= 15 is 0 Å². The summed E-state index contributed by atoms with van der Waals surface area (Å²) in [6.07, 6.45) is 4.23. The highest BCUT2D eigenvalue weighted by molar-refractivity contribution is 5.75. The van der Waals surface area contributed by atoms with Crippen molar-refractivity contribution in [3.63, 3.8) is 0 Å². The highest BCUT2D eigenvalue weighted by Gasteiger charge is 1.70. The van der Waals surface area contributed by atoms with Crippen LogP contribution in [0.4, 0.5) is 0 Å². The van der Waals surface area contributed by atoms with Crippen molar-refractivity contribution < 1.29 is 0 Å². The van der Waals surface area contributed by atoms with E-state index in [0.29, 0.717) is 0 Å². The Hall–Kier alpha value is -0.588. The summed E-state index contributed by atoms with van der Waals surface area (Å²) in [4.78, 5) is 16.1. The molecule has 1 rings (SSSR count).